The molecule has 0 aliphatic carbocycles. The van der Waals surface area contributed by atoms with Gasteiger partial charge >= 0.3 is 6.09 Å². The molecule has 0 radical (unpaired) electrons. The highest BCUT2D eigenvalue weighted by Gasteiger charge is 2.16. The highest BCUT2D eigenvalue weighted by molar-refractivity contribution is 7.18. The highest BCUT2D eigenvalue weighted by Crippen LogP contribution is 2.23. The molecule has 34 heavy (non-hydrogen) atoms. The van der Waals surface area contributed by atoms with E-state index in [9.17, 15) is 19.5 Å². The van der Waals surface area contributed by atoms with Crippen LogP contribution in [0.5, 0.6) is 0 Å². The minimum Gasteiger partial charge on any atom is -0.447 e. The Morgan fingerprint density at radius 2 is 2.00 bits per heavy atom. The zero-order valence-electron chi connectivity index (χ0n) is 18.9. The third kappa shape index (κ3) is 6.05. The van der Waals surface area contributed by atoms with Gasteiger partial charge < -0.3 is 15.2 Å². The van der Waals surface area contributed by atoms with E-state index in [0.29, 0.717) is 32.6 Å². The van der Waals surface area contributed by atoms with Crippen LogP contribution >= 0.6 is 22.9 Å². The first-order valence-corrected chi connectivity index (χ1v) is 11.9. The Bertz CT molecular complexity index is 1220. The van der Waals surface area contributed by atoms with Crippen molar-refractivity contribution < 1.29 is 19.4 Å². The molecular formula is C24H26ClN3O5S. The van der Waals surface area contributed by atoms with Crippen LogP contribution in [0.25, 0.3) is 5.69 Å². The van der Waals surface area contributed by atoms with Crippen LogP contribution in [0.3, 0.4) is 0 Å². The fourth-order valence-corrected chi connectivity index (χ4v) is 4.33. The molecule has 0 unspecified atom stereocenters. The Kier molecular flexibility index (Phi) is 8.86. The summed E-state index contributed by atoms with van der Waals surface area (Å²) in [4.78, 5) is 39.1. The first kappa shape index (κ1) is 25.5. The maximum atomic E-state index is 12.8. The zero-order valence-corrected chi connectivity index (χ0v) is 20.5. The van der Waals surface area contributed by atoms with E-state index in [2.05, 4.69) is 5.32 Å². The molecule has 0 bridgehead atoms. The van der Waals surface area contributed by atoms with Gasteiger partial charge in [0.1, 0.15) is 6.61 Å². The zero-order chi connectivity index (χ0) is 24.7. The van der Waals surface area contributed by atoms with E-state index < -0.39 is 6.09 Å². The lowest BCUT2D eigenvalue weighted by molar-refractivity contribution is 0.0940. The molecule has 3 aromatic rings. The first-order chi connectivity index (χ1) is 16.3. The molecule has 1 aromatic carbocycles. The Balaban J connectivity index is 1.64. The number of aromatic nitrogens is 1. The number of hydrogen-bond donors (Lipinski definition) is 2. The molecule has 0 aliphatic heterocycles. The van der Waals surface area contributed by atoms with Gasteiger partial charge in [-0.05, 0) is 48.4 Å². The number of ether oxygens (including phenoxy) is 1. The average molecular weight is 504 g/mol. The van der Waals surface area contributed by atoms with Crippen LogP contribution in [0.4, 0.5) is 10.5 Å². The van der Waals surface area contributed by atoms with E-state index in [4.69, 9.17) is 16.3 Å². The van der Waals surface area contributed by atoms with Gasteiger partial charge in [-0.25, -0.2) is 4.79 Å². The standard InChI is InChI=1S/C24H26ClN3O5S/c1-3-16-15-18(6-7-19(16)28-12-4-5-17(10-13-29)23(28)31)27(2)24(32)33-14-11-26-22(30)20-8-9-21(25)34-20/h4-9,12,15,29H,3,10-11,13-14H2,1-2H3,(H,26,30). The lowest BCUT2D eigenvalue weighted by Gasteiger charge is -2.20. The number of carbonyl (C=O) groups excluding carboxylic acids is 2. The summed E-state index contributed by atoms with van der Waals surface area (Å²) < 4.78 is 7.35. The molecular weight excluding hydrogens is 478 g/mol. The van der Waals surface area contributed by atoms with Crippen molar-refractivity contribution >= 4 is 40.6 Å². The number of hydrogen-bond acceptors (Lipinski definition) is 6. The van der Waals surface area contributed by atoms with Crippen molar-refractivity contribution in [1.29, 1.82) is 0 Å². The molecule has 0 fully saturated rings. The molecule has 2 heterocycles. The van der Waals surface area contributed by atoms with Gasteiger partial charge in [-0.2, -0.15) is 0 Å². The third-order valence-electron chi connectivity index (χ3n) is 5.18. The van der Waals surface area contributed by atoms with Gasteiger partial charge in [-0.3, -0.25) is 19.1 Å². The number of halogens is 1. The van der Waals surface area contributed by atoms with Crippen LogP contribution in [-0.4, -0.2) is 48.5 Å². The second-order valence-electron chi connectivity index (χ2n) is 7.38. The van der Waals surface area contributed by atoms with Crippen LogP contribution in [0.15, 0.2) is 53.5 Å². The van der Waals surface area contributed by atoms with Crippen LogP contribution in [0.1, 0.15) is 27.7 Å². The molecule has 0 aliphatic rings. The average Bonchev–Trinajstić information content (AvgIpc) is 3.28. The lowest BCUT2D eigenvalue weighted by atomic mass is 10.1. The quantitative estimate of drug-likeness (QED) is 0.434. The normalized spacial score (nSPS) is 10.7. The fraction of sp³-hybridized carbons (Fsp3) is 0.292. The number of benzene rings is 1. The van der Waals surface area contributed by atoms with Gasteiger partial charge in [0.15, 0.2) is 0 Å². The molecule has 10 heteroatoms. The van der Waals surface area contributed by atoms with Gasteiger partial charge in [0.2, 0.25) is 0 Å². The second kappa shape index (κ2) is 11.8. The number of nitrogens with one attached hydrogen (secondary N) is 1. The maximum Gasteiger partial charge on any atom is 0.414 e. The lowest BCUT2D eigenvalue weighted by Crippen LogP contribution is -2.32. The van der Waals surface area contributed by atoms with Crippen molar-refractivity contribution in [2.24, 2.45) is 0 Å². The second-order valence-corrected chi connectivity index (χ2v) is 9.10. The van der Waals surface area contributed by atoms with E-state index in [0.717, 1.165) is 5.56 Å². The van der Waals surface area contributed by atoms with Crippen molar-refractivity contribution in [3.05, 3.63) is 79.4 Å². The Hall–Kier alpha value is -3.14. The number of amides is 2. The third-order valence-corrected chi connectivity index (χ3v) is 6.41. The Labute approximate surface area is 206 Å². The predicted octanol–water partition coefficient (Wildman–Crippen LogP) is 3.65. The fourth-order valence-electron chi connectivity index (χ4n) is 3.37. The van der Waals surface area contributed by atoms with Crippen molar-refractivity contribution in [2.45, 2.75) is 19.8 Å². The molecule has 3 rings (SSSR count). The molecule has 0 atom stereocenters. The van der Waals surface area contributed by atoms with Crippen LogP contribution in [0, 0.1) is 0 Å². The SMILES string of the molecule is CCc1cc(N(C)C(=O)OCCNC(=O)c2ccc(Cl)s2)ccc1-n1cccc(CCO)c1=O. The molecule has 2 N–H and O–H groups in total. The van der Waals surface area contributed by atoms with Gasteiger partial charge in [-0.15, -0.1) is 11.3 Å². The van der Waals surface area contributed by atoms with Gasteiger partial charge in [-0.1, -0.05) is 24.6 Å². The number of pyridine rings is 1. The predicted molar refractivity (Wildman–Crippen MR) is 134 cm³/mol. The summed E-state index contributed by atoms with van der Waals surface area (Å²) in [6, 6.07) is 12.1. The molecule has 0 spiro atoms. The van der Waals surface area contributed by atoms with Crippen molar-refractivity contribution in [2.75, 3.05) is 31.7 Å². The number of anilines is 1. The van der Waals surface area contributed by atoms with Gasteiger partial charge in [0, 0.05) is 37.5 Å². The van der Waals surface area contributed by atoms with Gasteiger partial charge in [0.25, 0.3) is 11.5 Å². The number of aliphatic hydroxyl groups excluding tert-OH is 1. The first-order valence-electron chi connectivity index (χ1n) is 10.7. The smallest absolute Gasteiger partial charge is 0.414 e. The van der Waals surface area contributed by atoms with E-state index in [-0.39, 0.29) is 37.6 Å². The number of rotatable bonds is 9. The summed E-state index contributed by atoms with van der Waals surface area (Å²) in [6.07, 6.45) is 2.05. The van der Waals surface area contributed by atoms with E-state index >= 15 is 0 Å². The molecule has 2 aromatic heterocycles. The van der Waals surface area contributed by atoms with Crippen LogP contribution < -0.4 is 15.8 Å². The molecule has 2 amide bonds. The molecule has 8 nitrogen and oxygen atoms in total. The Morgan fingerprint density at radius 3 is 2.68 bits per heavy atom. The summed E-state index contributed by atoms with van der Waals surface area (Å²) in [5, 5.41) is 11.9. The summed E-state index contributed by atoms with van der Waals surface area (Å²) >= 11 is 7.01. The van der Waals surface area contributed by atoms with E-state index in [1.54, 1.807) is 54.2 Å². The maximum absolute atomic E-state index is 12.8. The minimum absolute atomic E-state index is 0.0137. The topological polar surface area (TPSA) is 101 Å². The summed E-state index contributed by atoms with van der Waals surface area (Å²) in [7, 11) is 1.59. The van der Waals surface area contributed by atoms with Crippen LogP contribution in [-0.2, 0) is 17.6 Å². The Morgan fingerprint density at radius 1 is 1.21 bits per heavy atom. The number of nitrogens with zero attached hydrogens (tertiary/aromatic N) is 2. The minimum atomic E-state index is -0.565. The molecule has 0 saturated carbocycles. The van der Waals surface area contributed by atoms with E-state index in [1.165, 1.54) is 16.2 Å². The number of thiophene rings is 1. The number of carbonyl (C=O) groups is 2. The largest absolute Gasteiger partial charge is 0.447 e. The van der Waals surface area contributed by atoms with Crippen LogP contribution in [0.2, 0.25) is 4.34 Å². The van der Waals surface area contributed by atoms with Gasteiger partial charge in [0.05, 0.1) is 21.4 Å². The highest BCUT2D eigenvalue weighted by atomic mass is 35.5. The number of aliphatic hydroxyl groups is 1. The van der Waals surface area contributed by atoms with Crippen molar-refractivity contribution in [3.8, 4) is 5.69 Å². The summed E-state index contributed by atoms with van der Waals surface area (Å²) in [6.45, 7) is 2.05. The summed E-state index contributed by atoms with van der Waals surface area (Å²) in [5.74, 6) is -0.275. The summed E-state index contributed by atoms with van der Waals surface area (Å²) in [5.41, 5.74) is 2.56. The molecule has 180 valence electrons. The number of aryl methyl sites for hydroxylation is 1. The monoisotopic (exact) mass is 503 g/mol. The van der Waals surface area contributed by atoms with E-state index in [1.807, 2.05) is 13.0 Å². The van der Waals surface area contributed by atoms with Crippen molar-refractivity contribution in [3.63, 3.8) is 0 Å². The van der Waals surface area contributed by atoms with Crippen molar-refractivity contribution in [1.82, 2.24) is 9.88 Å². The molecule has 0 saturated heterocycles.